The molecule has 8 nitrogen and oxygen atoms in total. The summed E-state index contributed by atoms with van der Waals surface area (Å²) in [7, 11) is 1.11. The summed E-state index contributed by atoms with van der Waals surface area (Å²) in [4.78, 5) is 27.3. The molecule has 35 heavy (non-hydrogen) atoms. The first-order valence-electron chi connectivity index (χ1n) is 10.1. The fraction of sp³-hybridized carbons (Fsp3) is 0.167. The van der Waals surface area contributed by atoms with Gasteiger partial charge in [-0.15, -0.1) is 0 Å². The number of allylic oxidation sites excluding steroid dienone is 1. The van der Waals surface area contributed by atoms with Crippen molar-refractivity contribution in [2.24, 2.45) is 5.73 Å². The quantitative estimate of drug-likeness (QED) is 0.618. The van der Waals surface area contributed by atoms with Crippen LogP contribution in [0.25, 0.3) is 6.08 Å². The second-order valence-electron chi connectivity index (χ2n) is 7.47. The normalized spacial score (nSPS) is 16.1. The molecule has 0 radical (unpaired) electrons. The Morgan fingerprint density at radius 1 is 1.26 bits per heavy atom. The molecule has 2 aromatic carbocycles. The van der Waals surface area contributed by atoms with E-state index in [2.05, 4.69) is 6.58 Å². The van der Waals surface area contributed by atoms with Crippen molar-refractivity contribution >= 4 is 29.7 Å². The van der Waals surface area contributed by atoms with Crippen LogP contribution in [0.1, 0.15) is 35.2 Å². The molecule has 0 saturated heterocycles. The maximum atomic E-state index is 13.3. The second kappa shape index (κ2) is 9.34. The molecule has 3 N–H and O–H groups in total. The number of ether oxygens (including phenoxy) is 1. The number of hydrogen-bond acceptors (Lipinski definition) is 5. The predicted octanol–water partition coefficient (Wildman–Crippen LogP) is 4.54. The van der Waals surface area contributed by atoms with Crippen LogP contribution < -0.4 is 10.6 Å². The Kier molecular flexibility index (Phi) is 6.68. The van der Waals surface area contributed by atoms with Crippen molar-refractivity contribution in [3.63, 3.8) is 0 Å². The minimum absolute atomic E-state index is 0.0584. The number of esters is 1. The average molecular weight is 483 g/mol. The largest absolute Gasteiger partial charge is 0.466 e. The Labute approximate surface area is 198 Å². The van der Waals surface area contributed by atoms with Crippen LogP contribution >= 0.6 is 0 Å². The van der Waals surface area contributed by atoms with Gasteiger partial charge < -0.3 is 10.5 Å². The lowest BCUT2D eigenvalue weighted by molar-refractivity contribution is -0.138. The third-order valence-corrected chi connectivity index (χ3v) is 5.50. The molecule has 1 aliphatic heterocycles. The number of carbonyl (C=O) groups is 2. The smallest absolute Gasteiger partial charge is 0.416 e. The van der Waals surface area contributed by atoms with E-state index in [0.29, 0.717) is 11.1 Å². The molecule has 1 heterocycles. The van der Waals surface area contributed by atoms with Crippen LogP contribution in [0.4, 0.5) is 23.7 Å². The number of guanidine groups is 1. The molecule has 0 saturated carbocycles. The summed E-state index contributed by atoms with van der Waals surface area (Å²) < 4.78 is 45.0. The monoisotopic (exact) mass is 483 g/mol. The average Bonchev–Trinajstić information content (AvgIpc) is 2.82. The van der Waals surface area contributed by atoms with Gasteiger partial charge in [-0.1, -0.05) is 24.8 Å². The molecule has 1 unspecified atom stereocenters. The minimum atomic E-state index is -4.66. The highest BCUT2D eigenvalue weighted by atomic mass is 19.4. The number of nitrogens with zero attached hydrogens (tertiary/aromatic N) is 3. The van der Waals surface area contributed by atoms with Gasteiger partial charge in [0.2, 0.25) is 5.96 Å². The number of primary amides is 1. The molecule has 0 bridgehead atoms. The number of anilines is 1. The van der Waals surface area contributed by atoms with Gasteiger partial charge in [-0.05, 0) is 48.4 Å². The van der Waals surface area contributed by atoms with Crippen molar-refractivity contribution in [1.29, 1.82) is 10.7 Å². The van der Waals surface area contributed by atoms with Gasteiger partial charge in [0.25, 0.3) is 0 Å². The predicted molar refractivity (Wildman–Crippen MR) is 122 cm³/mol. The Bertz CT molecular complexity index is 1310. The van der Waals surface area contributed by atoms with Crippen LogP contribution in [0.2, 0.25) is 0 Å². The molecule has 1 atom stereocenters. The third-order valence-electron chi connectivity index (χ3n) is 5.50. The van der Waals surface area contributed by atoms with E-state index in [4.69, 9.17) is 15.9 Å². The number of hydrogen-bond donors (Lipinski definition) is 2. The van der Waals surface area contributed by atoms with Gasteiger partial charge in [0, 0.05) is 11.4 Å². The van der Waals surface area contributed by atoms with E-state index in [-0.39, 0.29) is 22.5 Å². The number of methoxy groups -OCH3 is 1. The molecule has 0 fully saturated rings. The lowest BCUT2D eigenvalue weighted by Gasteiger charge is -2.43. The molecule has 2 amide bonds. The van der Waals surface area contributed by atoms with E-state index in [1.165, 1.54) is 37.3 Å². The number of nitrogens with one attached hydrogen (secondary N) is 1. The van der Waals surface area contributed by atoms with E-state index < -0.39 is 35.7 Å². The van der Waals surface area contributed by atoms with Gasteiger partial charge in [-0.2, -0.15) is 18.4 Å². The van der Waals surface area contributed by atoms with Crippen molar-refractivity contribution in [2.45, 2.75) is 19.1 Å². The third kappa shape index (κ3) is 4.46. The van der Waals surface area contributed by atoms with E-state index in [9.17, 15) is 28.0 Å². The first-order valence-corrected chi connectivity index (χ1v) is 10.1. The van der Waals surface area contributed by atoms with E-state index >= 15 is 0 Å². The molecular formula is C24H20F3N5O3. The highest BCUT2D eigenvalue weighted by molar-refractivity contribution is 6.10. The zero-order valence-corrected chi connectivity index (χ0v) is 18.7. The van der Waals surface area contributed by atoms with Crippen LogP contribution in [0.15, 0.2) is 60.3 Å². The van der Waals surface area contributed by atoms with Gasteiger partial charge in [-0.3, -0.25) is 15.2 Å². The van der Waals surface area contributed by atoms with Crippen LogP contribution in [0.3, 0.4) is 0 Å². The molecule has 0 aromatic heterocycles. The minimum Gasteiger partial charge on any atom is -0.466 e. The lowest BCUT2D eigenvalue weighted by Crippen LogP contribution is -2.55. The second-order valence-corrected chi connectivity index (χ2v) is 7.47. The summed E-state index contributed by atoms with van der Waals surface area (Å²) in [5.41, 5.74) is 5.42. The van der Waals surface area contributed by atoms with Crippen molar-refractivity contribution in [1.82, 2.24) is 4.90 Å². The number of carbonyl (C=O) groups excluding carboxylic acids is 2. The summed E-state index contributed by atoms with van der Waals surface area (Å²) in [6.45, 7) is 5.13. The number of rotatable bonds is 4. The van der Waals surface area contributed by atoms with Gasteiger partial charge in [-0.25, -0.2) is 9.59 Å². The molecule has 11 heteroatoms. The number of amides is 2. The van der Waals surface area contributed by atoms with Crippen LogP contribution in [0.5, 0.6) is 0 Å². The molecule has 180 valence electrons. The fourth-order valence-electron chi connectivity index (χ4n) is 3.94. The summed E-state index contributed by atoms with van der Waals surface area (Å²) >= 11 is 0. The molecule has 3 rings (SSSR count). The topological polar surface area (TPSA) is 124 Å². The zero-order valence-electron chi connectivity index (χ0n) is 18.7. The summed E-state index contributed by atoms with van der Waals surface area (Å²) in [5, 5.41) is 17.9. The molecule has 1 aliphatic rings. The number of nitriles is 1. The van der Waals surface area contributed by atoms with Crippen molar-refractivity contribution < 1.29 is 27.5 Å². The Morgan fingerprint density at radius 3 is 2.49 bits per heavy atom. The van der Waals surface area contributed by atoms with Crippen molar-refractivity contribution in [3.05, 3.63) is 82.6 Å². The number of benzene rings is 2. The van der Waals surface area contributed by atoms with Crippen LogP contribution in [-0.2, 0) is 15.7 Å². The van der Waals surface area contributed by atoms with Gasteiger partial charge in [0.05, 0.1) is 29.9 Å². The van der Waals surface area contributed by atoms with Crippen molar-refractivity contribution in [3.8, 4) is 6.07 Å². The van der Waals surface area contributed by atoms with E-state index in [1.807, 2.05) is 6.07 Å². The highest BCUT2D eigenvalue weighted by Gasteiger charge is 2.44. The first-order chi connectivity index (χ1) is 16.5. The summed E-state index contributed by atoms with van der Waals surface area (Å²) in [6, 6.07) is 8.10. The molecule has 2 aromatic rings. The van der Waals surface area contributed by atoms with Gasteiger partial charge in [0.1, 0.15) is 6.04 Å². The maximum Gasteiger partial charge on any atom is 0.416 e. The van der Waals surface area contributed by atoms with Gasteiger partial charge in [0.15, 0.2) is 0 Å². The summed E-state index contributed by atoms with van der Waals surface area (Å²) in [5.74, 6) is -1.46. The molecular weight excluding hydrogens is 463 g/mol. The Morgan fingerprint density at radius 2 is 1.94 bits per heavy atom. The standard InChI is InChI=1S/C24H20F3N5O3/c1-4-15-10-14(12-28)8-9-18(15)20-19(21(33)35-3)13(2)31(22(29)32(20)23(30)34)17-7-5-6-16(11-17)24(25,26)27/h4-11,20,29H,1H2,2-3H3,(H2,30,34). The fourth-order valence-corrected chi connectivity index (χ4v) is 3.94. The maximum absolute atomic E-state index is 13.3. The highest BCUT2D eigenvalue weighted by Crippen LogP contribution is 2.42. The molecule has 0 aliphatic carbocycles. The number of nitrogens with two attached hydrogens (primary N) is 1. The van der Waals surface area contributed by atoms with Crippen molar-refractivity contribution in [2.75, 3.05) is 12.0 Å². The molecule has 0 spiro atoms. The van der Waals surface area contributed by atoms with Crippen LogP contribution in [-0.4, -0.2) is 30.0 Å². The number of halogens is 3. The van der Waals surface area contributed by atoms with Gasteiger partial charge >= 0.3 is 18.2 Å². The lowest BCUT2D eigenvalue weighted by atomic mass is 9.89. The Hall–Kier alpha value is -4.59. The van der Waals surface area contributed by atoms with E-state index in [1.54, 1.807) is 0 Å². The zero-order chi connectivity index (χ0) is 26.1. The summed E-state index contributed by atoms with van der Waals surface area (Å²) in [6.07, 6.45) is -3.26. The van der Waals surface area contributed by atoms with E-state index in [0.717, 1.165) is 35.1 Å². The van der Waals surface area contributed by atoms with Crippen LogP contribution in [0, 0.1) is 16.7 Å². The Balaban J connectivity index is 2.35. The SMILES string of the molecule is C=Cc1cc(C#N)ccc1C1C(C(=O)OC)=C(C)N(c2cccc(C(F)(F)F)c2)C(=N)N1C(N)=O. The number of alkyl halides is 3. The first kappa shape index (κ1) is 25.0. The number of urea groups is 1.